The summed E-state index contributed by atoms with van der Waals surface area (Å²) in [4.78, 5) is 15.8. The van der Waals surface area contributed by atoms with E-state index >= 15 is 0 Å². The minimum absolute atomic E-state index is 0.0751. The molecule has 2 rings (SSSR count). The third kappa shape index (κ3) is 5.70. The predicted octanol–water partition coefficient (Wildman–Crippen LogP) is 1.11. The maximum atomic E-state index is 11.8. The Morgan fingerprint density at radius 3 is 2.76 bits per heavy atom. The Morgan fingerprint density at radius 1 is 1.32 bits per heavy atom. The van der Waals surface area contributed by atoms with E-state index in [9.17, 15) is 13.2 Å². The average Bonchev–Trinajstić information content (AvgIpc) is 2.60. The summed E-state index contributed by atoms with van der Waals surface area (Å²) in [6.45, 7) is 0.349. The van der Waals surface area contributed by atoms with Crippen molar-refractivity contribution in [2.75, 3.05) is 13.7 Å². The van der Waals surface area contributed by atoms with Crippen molar-refractivity contribution in [1.29, 1.82) is 0 Å². The number of pyridine rings is 1. The molecule has 0 radical (unpaired) electrons. The number of hydrogen-bond acceptors (Lipinski definition) is 5. The molecule has 0 spiro atoms. The van der Waals surface area contributed by atoms with Crippen LogP contribution in [0.3, 0.4) is 0 Å². The van der Waals surface area contributed by atoms with E-state index in [1.54, 1.807) is 30.5 Å². The number of amides is 1. The third-order valence-electron chi connectivity index (χ3n) is 3.34. The molecule has 1 amide bonds. The number of carbonyl (C=O) groups excluding carboxylic acids is 1. The number of nitrogens with one attached hydrogen (secondary N) is 1. The molecule has 0 saturated carbocycles. The molecule has 0 fully saturated rings. The molecular weight excluding hydrogens is 342 g/mol. The molecule has 0 saturated heterocycles. The van der Waals surface area contributed by atoms with Crippen LogP contribution in [0.5, 0.6) is 5.75 Å². The highest BCUT2D eigenvalue weighted by atomic mass is 32.2. The predicted molar refractivity (Wildman–Crippen MR) is 94.4 cm³/mol. The zero-order valence-electron chi connectivity index (χ0n) is 13.7. The highest BCUT2D eigenvalue weighted by molar-refractivity contribution is 7.89. The molecule has 7 nitrogen and oxygen atoms in total. The maximum Gasteiger partial charge on any atom is 0.244 e. The molecule has 0 aliphatic rings. The summed E-state index contributed by atoms with van der Waals surface area (Å²) in [5, 5.41) is 7.90. The molecule has 1 aromatic carbocycles. The Hall–Kier alpha value is -2.71. The zero-order valence-corrected chi connectivity index (χ0v) is 14.5. The summed E-state index contributed by atoms with van der Waals surface area (Å²) in [6, 6.07) is 10.1. The lowest BCUT2D eigenvalue weighted by molar-refractivity contribution is -0.116. The number of benzene rings is 1. The van der Waals surface area contributed by atoms with Gasteiger partial charge in [-0.1, -0.05) is 12.1 Å². The van der Waals surface area contributed by atoms with Crippen molar-refractivity contribution in [3.8, 4) is 5.75 Å². The van der Waals surface area contributed by atoms with E-state index in [1.165, 1.54) is 25.3 Å². The van der Waals surface area contributed by atoms with E-state index < -0.39 is 10.0 Å². The normalized spacial score (nSPS) is 11.4. The van der Waals surface area contributed by atoms with Gasteiger partial charge in [-0.15, -0.1) is 0 Å². The lowest BCUT2D eigenvalue weighted by Crippen LogP contribution is -2.23. The SMILES string of the molecule is COc1ccc(CCNC(=O)/C=C/c2ccccn2)cc1S(N)(=O)=O. The molecule has 8 heteroatoms. The van der Waals surface area contributed by atoms with E-state index in [4.69, 9.17) is 9.88 Å². The minimum Gasteiger partial charge on any atom is -0.495 e. The Balaban J connectivity index is 1.93. The Morgan fingerprint density at radius 2 is 2.12 bits per heavy atom. The smallest absolute Gasteiger partial charge is 0.244 e. The monoisotopic (exact) mass is 361 g/mol. The van der Waals surface area contributed by atoms with Crippen LogP contribution in [0.25, 0.3) is 6.08 Å². The largest absolute Gasteiger partial charge is 0.495 e. The second kappa shape index (κ2) is 8.41. The number of methoxy groups -OCH3 is 1. The standard InChI is InChI=1S/C17H19N3O4S/c1-24-15-7-5-13(12-16(15)25(18,22)23)9-11-20-17(21)8-6-14-4-2-3-10-19-14/h2-8,10,12H,9,11H2,1H3,(H,20,21)(H2,18,22,23)/b8-6+. The fraction of sp³-hybridized carbons (Fsp3) is 0.176. The summed E-state index contributed by atoms with van der Waals surface area (Å²) in [5.41, 5.74) is 1.41. The summed E-state index contributed by atoms with van der Waals surface area (Å²) in [5.74, 6) is -0.0700. The molecule has 0 unspecified atom stereocenters. The van der Waals surface area contributed by atoms with Gasteiger partial charge in [0, 0.05) is 18.8 Å². The Labute approximate surface area is 146 Å². The van der Waals surface area contributed by atoms with Gasteiger partial charge in [0.05, 0.1) is 12.8 Å². The molecule has 1 aromatic heterocycles. The number of nitrogens with two attached hydrogens (primary N) is 1. The quantitative estimate of drug-likeness (QED) is 0.718. The van der Waals surface area contributed by atoms with Crippen LogP contribution >= 0.6 is 0 Å². The van der Waals surface area contributed by atoms with Crippen LogP contribution in [0, 0.1) is 0 Å². The van der Waals surface area contributed by atoms with Gasteiger partial charge in [-0.3, -0.25) is 9.78 Å². The van der Waals surface area contributed by atoms with E-state index in [2.05, 4.69) is 10.3 Å². The lowest BCUT2D eigenvalue weighted by atomic mass is 10.1. The van der Waals surface area contributed by atoms with Gasteiger partial charge in [-0.25, -0.2) is 13.6 Å². The fourth-order valence-electron chi connectivity index (χ4n) is 2.12. The van der Waals surface area contributed by atoms with Crippen molar-refractivity contribution in [3.63, 3.8) is 0 Å². The number of sulfonamides is 1. The van der Waals surface area contributed by atoms with Crippen LogP contribution in [0.1, 0.15) is 11.3 Å². The van der Waals surface area contributed by atoms with Gasteiger partial charge in [-0.2, -0.15) is 0 Å². The number of ether oxygens (including phenoxy) is 1. The lowest BCUT2D eigenvalue weighted by Gasteiger charge is -2.09. The van der Waals surface area contributed by atoms with Gasteiger partial charge in [0.25, 0.3) is 0 Å². The van der Waals surface area contributed by atoms with Gasteiger partial charge in [-0.05, 0) is 42.3 Å². The van der Waals surface area contributed by atoms with E-state index in [0.717, 1.165) is 5.56 Å². The number of primary sulfonamides is 1. The van der Waals surface area contributed by atoms with E-state index in [1.807, 2.05) is 6.07 Å². The van der Waals surface area contributed by atoms with Gasteiger partial charge in [0.15, 0.2) is 0 Å². The number of nitrogens with zero attached hydrogens (tertiary/aromatic N) is 1. The van der Waals surface area contributed by atoms with Crippen molar-refractivity contribution in [3.05, 3.63) is 59.9 Å². The number of hydrogen-bond donors (Lipinski definition) is 2. The van der Waals surface area contributed by atoms with Gasteiger partial charge in [0.1, 0.15) is 10.6 Å². The van der Waals surface area contributed by atoms with Crippen molar-refractivity contribution in [2.45, 2.75) is 11.3 Å². The first-order chi connectivity index (χ1) is 11.9. The third-order valence-corrected chi connectivity index (χ3v) is 4.27. The summed E-state index contributed by atoms with van der Waals surface area (Å²) >= 11 is 0. The highest BCUT2D eigenvalue weighted by Crippen LogP contribution is 2.23. The van der Waals surface area contributed by atoms with Crippen LogP contribution in [-0.4, -0.2) is 33.0 Å². The molecule has 0 aliphatic heterocycles. The second-order valence-corrected chi connectivity index (χ2v) is 6.69. The van der Waals surface area contributed by atoms with Crippen molar-refractivity contribution in [1.82, 2.24) is 10.3 Å². The molecule has 0 aliphatic carbocycles. The minimum atomic E-state index is -3.88. The van der Waals surface area contributed by atoms with Gasteiger partial charge >= 0.3 is 0 Å². The fourth-order valence-corrected chi connectivity index (χ4v) is 2.87. The molecule has 0 bridgehead atoms. The molecule has 1 heterocycles. The van der Waals surface area contributed by atoms with Crippen molar-refractivity contribution in [2.24, 2.45) is 5.14 Å². The van der Waals surface area contributed by atoms with Crippen LogP contribution in [-0.2, 0) is 21.2 Å². The number of rotatable bonds is 7. The van der Waals surface area contributed by atoms with Gasteiger partial charge < -0.3 is 10.1 Å². The van der Waals surface area contributed by atoms with Crippen molar-refractivity contribution >= 4 is 22.0 Å². The second-order valence-electron chi connectivity index (χ2n) is 5.16. The summed E-state index contributed by atoms with van der Waals surface area (Å²) in [7, 11) is -2.51. The maximum absolute atomic E-state index is 11.8. The van der Waals surface area contributed by atoms with Gasteiger partial charge in [0.2, 0.25) is 15.9 Å². The molecular formula is C17H19N3O4S. The zero-order chi connectivity index (χ0) is 18.3. The number of aromatic nitrogens is 1. The molecule has 2 aromatic rings. The van der Waals surface area contributed by atoms with Crippen molar-refractivity contribution < 1.29 is 17.9 Å². The molecule has 132 valence electrons. The topological polar surface area (TPSA) is 111 Å². The van der Waals surface area contributed by atoms with Crippen LogP contribution in [0.2, 0.25) is 0 Å². The van der Waals surface area contributed by atoms with Crippen LogP contribution < -0.4 is 15.2 Å². The van der Waals surface area contributed by atoms with Crippen LogP contribution in [0.15, 0.2) is 53.6 Å². The Kier molecular flexibility index (Phi) is 6.26. The highest BCUT2D eigenvalue weighted by Gasteiger charge is 2.15. The Bertz CT molecular complexity index is 865. The molecule has 3 N–H and O–H groups in total. The summed E-state index contributed by atoms with van der Waals surface area (Å²) < 4.78 is 28.2. The first kappa shape index (κ1) is 18.6. The summed E-state index contributed by atoms with van der Waals surface area (Å²) in [6.07, 6.45) is 5.11. The first-order valence-corrected chi connectivity index (χ1v) is 9.01. The van der Waals surface area contributed by atoms with E-state index in [-0.39, 0.29) is 16.6 Å². The first-order valence-electron chi connectivity index (χ1n) is 7.47. The van der Waals surface area contributed by atoms with Crippen LogP contribution in [0.4, 0.5) is 0 Å². The molecule has 25 heavy (non-hydrogen) atoms. The van der Waals surface area contributed by atoms with E-state index in [0.29, 0.717) is 18.7 Å². The average molecular weight is 361 g/mol. The number of carbonyl (C=O) groups is 1. The molecule has 0 atom stereocenters.